The third-order valence-corrected chi connectivity index (χ3v) is 2.57. The molecule has 0 aliphatic rings. The second-order valence-electron chi connectivity index (χ2n) is 3.37. The molecule has 1 unspecified atom stereocenters. The van der Waals surface area contributed by atoms with Crippen LogP contribution in [0.25, 0.3) is 0 Å². The fourth-order valence-corrected chi connectivity index (χ4v) is 1.85. The number of amides is 1. The van der Waals surface area contributed by atoms with Crippen molar-refractivity contribution in [1.29, 1.82) is 0 Å². The third kappa shape index (κ3) is 3.61. The molecule has 0 aromatic carbocycles. The molecule has 0 fully saturated rings. The summed E-state index contributed by atoms with van der Waals surface area (Å²) in [4.78, 5) is 15.6. The summed E-state index contributed by atoms with van der Waals surface area (Å²) in [6, 6.07) is -0.0265. The summed E-state index contributed by atoms with van der Waals surface area (Å²) >= 11 is 3.33. The number of carbonyl (C=O) groups excluding carboxylic acids is 1. The number of carbonyl (C=O) groups is 1. The molecule has 0 saturated heterocycles. The highest BCUT2D eigenvalue weighted by molar-refractivity contribution is 9.09. The van der Waals surface area contributed by atoms with Crippen LogP contribution in [0.2, 0.25) is 0 Å². The Hall–Kier alpha value is -0.880. The van der Waals surface area contributed by atoms with Gasteiger partial charge in [0.1, 0.15) is 0 Å². The van der Waals surface area contributed by atoms with Crippen LogP contribution in [-0.4, -0.2) is 36.0 Å². The van der Waals surface area contributed by atoms with Gasteiger partial charge in [0, 0.05) is 12.4 Å². The lowest BCUT2D eigenvalue weighted by atomic mass is 10.2. The van der Waals surface area contributed by atoms with Gasteiger partial charge in [-0.15, -0.1) is 0 Å². The van der Waals surface area contributed by atoms with Crippen molar-refractivity contribution in [1.82, 2.24) is 10.3 Å². The molecule has 1 rings (SSSR count). The van der Waals surface area contributed by atoms with E-state index >= 15 is 0 Å². The second kappa shape index (κ2) is 6.65. The van der Waals surface area contributed by atoms with Crippen molar-refractivity contribution < 1.29 is 13.9 Å². The largest absolute Gasteiger partial charge is 0.438 e. The first-order chi connectivity index (χ1) is 7.69. The number of hydrogen-bond acceptors (Lipinski definition) is 4. The lowest BCUT2D eigenvalue weighted by molar-refractivity contribution is 0.0867. The number of nitrogens with zero attached hydrogens (tertiary/aromatic N) is 1. The number of rotatable bonds is 6. The summed E-state index contributed by atoms with van der Waals surface area (Å²) in [6.07, 6.45) is 2.06. The summed E-state index contributed by atoms with van der Waals surface area (Å²) in [6.45, 7) is 2.21. The van der Waals surface area contributed by atoms with Crippen molar-refractivity contribution in [2.45, 2.75) is 19.4 Å². The van der Waals surface area contributed by atoms with E-state index in [4.69, 9.17) is 9.15 Å². The van der Waals surface area contributed by atoms with Crippen molar-refractivity contribution in [2.75, 3.05) is 19.0 Å². The number of aromatic nitrogens is 1. The smallest absolute Gasteiger partial charge is 0.289 e. The first-order valence-electron chi connectivity index (χ1n) is 4.95. The molecule has 1 aromatic rings. The minimum Gasteiger partial charge on any atom is -0.438 e. The number of alkyl halides is 1. The summed E-state index contributed by atoms with van der Waals surface area (Å²) in [5.74, 6) is 0.00803. The van der Waals surface area contributed by atoms with Gasteiger partial charge in [0.15, 0.2) is 6.39 Å². The fourth-order valence-electron chi connectivity index (χ4n) is 1.30. The van der Waals surface area contributed by atoms with E-state index < -0.39 is 0 Å². The molecule has 16 heavy (non-hydrogen) atoms. The molecular weight excluding hydrogens is 276 g/mol. The number of nitrogens with one attached hydrogen (secondary N) is 1. The molecule has 90 valence electrons. The Kier molecular flexibility index (Phi) is 5.48. The van der Waals surface area contributed by atoms with Gasteiger partial charge in [0.25, 0.3) is 5.91 Å². The van der Waals surface area contributed by atoms with E-state index in [2.05, 4.69) is 26.2 Å². The third-order valence-electron chi connectivity index (χ3n) is 2.11. The Morgan fingerprint density at radius 2 is 2.50 bits per heavy atom. The van der Waals surface area contributed by atoms with Crippen molar-refractivity contribution in [3.63, 3.8) is 0 Å². The van der Waals surface area contributed by atoms with Gasteiger partial charge in [0.05, 0.1) is 18.3 Å². The molecule has 1 N–H and O–H groups in total. The molecule has 1 aromatic heterocycles. The molecule has 6 heteroatoms. The molecule has 1 amide bonds. The van der Waals surface area contributed by atoms with Crippen molar-refractivity contribution in [3.05, 3.63) is 17.8 Å². The van der Waals surface area contributed by atoms with E-state index in [0.29, 0.717) is 12.3 Å². The van der Waals surface area contributed by atoms with Gasteiger partial charge in [0.2, 0.25) is 5.76 Å². The molecule has 0 aliphatic carbocycles. The molecular formula is C10H15BrN2O3. The highest BCUT2D eigenvalue weighted by Gasteiger charge is 2.17. The number of ether oxygens (including phenoxy) is 1. The number of methoxy groups -OCH3 is 1. The topological polar surface area (TPSA) is 64.4 Å². The average Bonchev–Trinajstić information content (AvgIpc) is 2.65. The van der Waals surface area contributed by atoms with Crippen LogP contribution in [0.3, 0.4) is 0 Å². The molecule has 5 nitrogen and oxygen atoms in total. The standard InChI is InChI=1S/C10H15BrN2O3/c1-7-9(16-6-12-7)10(14)13-8(3-4-11)5-15-2/h6,8H,3-5H2,1-2H3,(H,13,14). The van der Waals surface area contributed by atoms with Crippen LogP contribution in [0.4, 0.5) is 0 Å². The Morgan fingerprint density at radius 1 is 1.75 bits per heavy atom. The monoisotopic (exact) mass is 290 g/mol. The first kappa shape index (κ1) is 13.2. The maximum absolute atomic E-state index is 11.8. The minimum atomic E-state index is -0.252. The van der Waals surface area contributed by atoms with Crippen molar-refractivity contribution in [3.8, 4) is 0 Å². The molecule has 0 bridgehead atoms. The number of hydrogen-bond donors (Lipinski definition) is 1. The van der Waals surface area contributed by atoms with Gasteiger partial charge in [-0.1, -0.05) is 15.9 Å². The van der Waals surface area contributed by atoms with Crippen LogP contribution in [0, 0.1) is 6.92 Å². The highest BCUT2D eigenvalue weighted by atomic mass is 79.9. The van der Waals surface area contributed by atoms with Gasteiger partial charge >= 0.3 is 0 Å². The summed E-state index contributed by atoms with van der Waals surface area (Å²) in [5.41, 5.74) is 0.590. The Labute approximate surface area is 103 Å². The molecule has 0 spiro atoms. The predicted octanol–water partition coefficient (Wildman–Crippen LogP) is 1.51. The van der Waals surface area contributed by atoms with E-state index in [1.165, 1.54) is 6.39 Å². The SMILES string of the molecule is COCC(CCBr)NC(=O)c1ocnc1C. The molecule has 1 atom stereocenters. The number of aryl methyl sites for hydroxylation is 1. The normalized spacial score (nSPS) is 12.4. The van der Waals surface area contributed by atoms with E-state index in [1.54, 1.807) is 14.0 Å². The first-order valence-corrected chi connectivity index (χ1v) is 6.07. The minimum absolute atomic E-state index is 0.0265. The molecule has 0 radical (unpaired) electrons. The summed E-state index contributed by atoms with van der Waals surface area (Å²) in [7, 11) is 1.60. The average molecular weight is 291 g/mol. The summed E-state index contributed by atoms with van der Waals surface area (Å²) in [5, 5.41) is 3.64. The molecule has 0 aliphatic heterocycles. The van der Waals surface area contributed by atoms with Crippen LogP contribution < -0.4 is 5.32 Å². The highest BCUT2D eigenvalue weighted by Crippen LogP contribution is 2.06. The zero-order chi connectivity index (χ0) is 12.0. The van der Waals surface area contributed by atoms with Crippen LogP contribution >= 0.6 is 15.9 Å². The molecule has 0 saturated carbocycles. The predicted molar refractivity (Wildman–Crippen MR) is 62.8 cm³/mol. The lowest BCUT2D eigenvalue weighted by Gasteiger charge is -2.15. The number of halogens is 1. The van der Waals surface area contributed by atoms with E-state index in [-0.39, 0.29) is 17.7 Å². The van der Waals surface area contributed by atoms with Gasteiger partial charge < -0.3 is 14.5 Å². The van der Waals surface area contributed by atoms with Crippen LogP contribution in [0.5, 0.6) is 0 Å². The zero-order valence-electron chi connectivity index (χ0n) is 9.33. The van der Waals surface area contributed by atoms with Crippen LogP contribution in [-0.2, 0) is 4.74 Å². The Bertz CT molecular complexity index is 335. The Balaban J connectivity index is 2.58. The van der Waals surface area contributed by atoms with Gasteiger partial charge in [-0.05, 0) is 13.3 Å². The maximum Gasteiger partial charge on any atom is 0.289 e. The van der Waals surface area contributed by atoms with E-state index in [9.17, 15) is 4.79 Å². The number of oxazole rings is 1. The van der Waals surface area contributed by atoms with E-state index in [1.807, 2.05) is 0 Å². The maximum atomic E-state index is 11.8. The zero-order valence-corrected chi connectivity index (χ0v) is 10.9. The van der Waals surface area contributed by atoms with Crippen molar-refractivity contribution in [2.24, 2.45) is 0 Å². The van der Waals surface area contributed by atoms with Crippen LogP contribution in [0.15, 0.2) is 10.8 Å². The molecule has 1 heterocycles. The summed E-state index contributed by atoms with van der Waals surface area (Å²) < 4.78 is 10.0. The fraction of sp³-hybridized carbons (Fsp3) is 0.600. The van der Waals surface area contributed by atoms with Crippen LogP contribution in [0.1, 0.15) is 22.7 Å². The van der Waals surface area contributed by atoms with Gasteiger partial charge in [-0.3, -0.25) is 4.79 Å². The van der Waals surface area contributed by atoms with E-state index in [0.717, 1.165) is 11.8 Å². The lowest BCUT2D eigenvalue weighted by Crippen LogP contribution is -2.38. The van der Waals surface area contributed by atoms with Crippen molar-refractivity contribution >= 4 is 21.8 Å². The second-order valence-corrected chi connectivity index (χ2v) is 4.16. The van der Waals surface area contributed by atoms with Gasteiger partial charge in [-0.2, -0.15) is 0 Å². The Morgan fingerprint density at radius 3 is 3.00 bits per heavy atom. The van der Waals surface area contributed by atoms with Gasteiger partial charge in [-0.25, -0.2) is 4.98 Å². The quantitative estimate of drug-likeness (QED) is 0.807.